The molecule has 0 bridgehead atoms. The number of aromatic amines is 2. The molecule has 3 unspecified atom stereocenters. The summed E-state index contributed by atoms with van der Waals surface area (Å²) in [6.07, 6.45) is -3.63. The number of ether oxygens (including phenoxy) is 5. The van der Waals surface area contributed by atoms with Crippen molar-refractivity contribution in [3.05, 3.63) is 168 Å². The average Bonchev–Trinajstić information content (AvgIpc) is 1.61. The van der Waals surface area contributed by atoms with E-state index in [1.807, 2.05) is 73.6 Å². The Bertz CT molecular complexity index is 4610. The molecule has 9 N–H and O–H groups in total. The van der Waals surface area contributed by atoms with Crippen molar-refractivity contribution in [1.82, 2.24) is 54.1 Å². The molecule has 32 nitrogen and oxygen atoms in total. The van der Waals surface area contributed by atoms with Gasteiger partial charge in [0.2, 0.25) is 5.91 Å². The molecule has 4 aromatic heterocycles. The molecule has 4 aliphatic rings. The maximum absolute atomic E-state index is 14.4. The van der Waals surface area contributed by atoms with Crippen molar-refractivity contribution >= 4 is 56.0 Å². The predicted molar refractivity (Wildman–Crippen MR) is 373 cm³/mol. The molecule has 4 fully saturated rings. The molecule has 548 valence electrons. The SMILES string of the molecule is COC[C@H]1O[C@@H](n2cc(C#CCCC(=O)CNC(=O)CCNCCN(C)C)c(=O)[nH]c2=O)C[C@@H]1CP(=O)(O)OC[C@H]1O[C@@H](n2cc(-c3ccc(C=O)cc3)c(=O)[nH]c2=O)C[C@@H]1CP(=O)(O)OC[C@H]1O[C@@H](n2cc(-c3ccc(C4OC(=O)CCN4Cc4ccccc4)cc3)c3c(N)ncnc32)C[C@@H]1O. The highest BCUT2D eigenvalue weighted by Crippen LogP contribution is 2.53. The van der Waals surface area contributed by atoms with E-state index < -0.39 is 124 Å². The number of rotatable bonds is 31. The molecule has 4 saturated heterocycles. The Hall–Kier alpha value is -8.74. The van der Waals surface area contributed by atoms with Crippen molar-refractivity contribution in [1.29, 1.82) is 0 Å². The first kappa shape index (κ1) is 75.4. The van der Waals surface area contributed by atoms with Crippen molar-refractivity contribution in [2.75, 3.05) is 91.8 Å². The third-order valence-electron chi connectivity index (χ3n) is 18.3. The smallest absolute Gasteiger partial charge is 0.330 e. The highest BCUT2D eigenvalue weighted by Gasteiger charge is 2.46. The first-order valence-corrected chi connectivity index (χ1v) is 37.1. The highest BCUT2D eigenvalue weighted by molar-refractivity contribution is 7.53. The lowest BCUT2D eigenvalue weighted by atomic mass is 10.0. The molecule has 103 heavy (non-hydrogen) atoms. The first-order valence-electron chi connectivity index (χ1n) is 33.6. The Kier molecular flexibility index (Phi) is 24.7. The van der Waals surface area contributed by atoms with E-state index in [1.54, 1.807) is 10.8 Å². The van der Waals surface area contributed by atoms with Gasteiger partial charge in [-0.05, 0) is 43.6 Å². The molecule has 0 radical (unpaired) electrons. The molecule has 7 aromatic rings. The van der Waals surface area contributed by atoms with Gasteiger partial charge in [0.05, 0.1) is 74.4 Å². The number of aromatic nitrogens is 7. The number of likely N-dealkylation sites (N-methyl/N-ethyl adjacent to an activating group) is 1. The van der Waals surface area contributed by atoms with Crippen LogP contribution in [0.1, 0.15) is 96.9 Å². The molecule has 11 rings (SSSR count). The van der Waals surface area contributed by atoms with Crippen molar-refractivity contribution in [2.45, 2.75) is 101 Å². The van der Waals surface area contributed by atoms with Gasteiger partial charge in [0.1, 0.15) is 54.4 Å². The number of benzene rings is 3. The van der Waals surface area contributed by atoms with Gasteiger partial charge in [0.15, 0.2) is 12.0 Å². The summed E-state index contributed by atoms with van der Waals surface area (Å²) in [4.78, 5) is 143. The van der Waals surface area contributed by atoms with Gasteiger partial charge in [0, 0.05) is 113 Å². The lowest BCUT2D eigenvalue weighted by molar-refractivity contribution is -0.171. The monoisotopic (exact) mass is 1460 g/mol. The van der Waals surface area contributed by atoms with Gasteiger partial charge in [-0.25, -0.2) is 19.6 Å². The van der Waals surface area contributed by atoms with Gasteiger partial charge in [-0.15, -0.1) is 0 Å². The van der Waals surface area contributed by atoms with Crippen molar-refractivity contribution in [3.63, 3.8) is 0 Å². The summed E-state index contributed by atoms with van der Waals surface area (Å²) in [5, 5.41) is 17.7. The molecule has 0 aliphatic carbocycles. The van der Waals surface area contributed by atoms with E-state index in [4.69, 9.17) is 38.5 Å². The number of nitrogens with one attached hydrogen (secondary N) is 4. The van der Waals surface area contributed by atoms with Crippen LogP contribution in [-0.4, -0.2) is 193 Å². The predicted octanol–water partition coefficient (Wildman–Crippen LogP) is 3.57. The number of Topliss-reactive ketones (excluding diaryl/α,β-unsaturated/α-hetero) is 1. The number of fused-ring (bicyclic) bond motifs is 1. The minimum atomic E-state index is -4.77. The Morgan fingerprint density at radius 1 is 0.757 bits per heavy atom. The van der Waals surface area contributed by atoms with E-state index in [1.165, 1.54) is 50.1 Å². The van der Waals surface area contributed by atoms with Crippen LogP contribution < -0.4 is 38.9 Å². The summed E-state index contributed by atoms with van der Waals surface area (Å²) in [5.74, 6) is 2.82. The number of nitrogen functional groups attached to an aromatic ring is 1. The summed E-state index contributed by atoms with van der Waals surface area (Å²) in [5.41, 5.74) is 7.15. The molecule has 0 saturated carbocycles. The van der Waals surface area contributed by atoms with E-state index in [9.17, 15) is 62.4 Å². The van der Waals surface area contributed by atoms with Crippen molar-refractivity contribution < 1.29 is 75.9 Å². The zero-order valence-electron chi connectivity index (χ0n) is 56.8. The van der Waals surface area contributed by atoms with Crippen molar-refractivity contribution in [3.8, 4) is 34.1 Å². The second kappa shape index (κ2) is 33.8. The zero-order chi connectivity index (χ0) is 73.1. The molecule has 8 heterocycles. The second-order valence-corrected chi connectivity index (χ2v) is 29.8. The topological polar surface area (TPSA) is 425 Å². The molecular formula is C69H82N12O20P2. The molecule has 4 aliphatic heterocycles. The number of hydrogen-bond donors (Lipinski definition) is 8. The maximum Gasteiger partial charge on any atom is 0.330 e. The summed E-state index contributed by atoms with van der Waals surface area (Å²) in [6.45, 7) is 1.40. The fourth-order valence-electron chi connectivity index (χ4n) is 13.0. The number of hydrogen-bond acceptors (Lipinski definition) is 24. The average molecular weight is 1460 g/mol. The minimum absolute atomic E-state index is 0.00100. The number of aliphatic hydroxyl groups is 1. The fourth-order valence-corrected chi connectivity index (χ4v) is 15.9. The first-order chi connectivity index (χ1) is 49.4. The van der Waals surface area contributed by atoms with Crippen LogP contribution in [0.5, 0.6) is 0 Å². The summed E-state index contributed by atoms with van der Waals surface area (Å²) in [7, 11) is -4.26. The lowest BCUT2D eigenvalue weighted by Gasteiger charge is -2.35. The fraction of sp³-hybridized carbons (Fsp3) is 0.449. The number of aldehydes is 1. The largest absolute Gasteiger partial charge is 0.442 e. The molecule has 34 heteroatoms. The Labute approximate surface area is 589 Å². The van der Waals surface area contributed by atoms with Gasteiger partial charge in [-0.2, -0.15) is 0 Å². The van der Waals surface area contributed by atoms with Gasteiger partial charge in [-0.1, -0.05) is 90.7 Å². The van der Waals surface area contributed by atoms with Crippen LogP contribution in [-0.2, 0) is 62.8 Å². The quantitative estimate of drug-likeness (QED) is 0.0101. The van der Waals surface area contributed by atoms with Crippen LogP contribution in [0, 0.1) is 23.7 Å². The molecule has 0 spiro atoms. The number of methoxy groups -OCH3 is 1. The summed E-state index contributed by atoms with van der Waals surface area (Å²) < 4.78 is 74.3. The normalized spacial score (nSPS) is 23.2. The number of esters is 1. The van der Waals surface area contributed by atoms with E-state index in [-0.39, 0.29) is 92.7 Å². The number of amides is 1. The van der Waals surface area contributed by atoms with Gasteiger partial charge < -0.3 is 73.5 Å². The number of ketones is 1. The van der Waals surface area contributed by atoms with E-state index >= 15 is 0 Å². The van der Waals surface area contributed by atoms with Crippen LogP contribution in [0.4, 0.5) is 5.82 Å². The van der Waals surface area contributed by atoms with E-state index in [0.29, 0.717) is 65.8 Å². The number of aliphatic hydroxyl groups excluding tert-OH is 1. The van der Waals surface area contributed by atoms with Crippen LogP contribution >= 0.6 is 15.2 Å². The van der Waals surface area contributed by atoms with Crippen LogP contribution in [0.15, 0.2) is 123 Å². The Morgan fingerprint density at radius 3 is 2.04 bits per heavy atom. The van der Waals surface area contributed by atoms with Gasteiger partial charge >= 0.3 is 32.5 Å². The lowest BCUT2D eigenvalue weighted by Crippen LogP contribution is -2.38. The number of carbonyl (C=O) groups excluding carboxylic acids is 4. The third-order valence-corrected chi connectivity index (χ3v) is 21.3. The molecule has 12 atom stereocenters. The number of nitrogens with zero attached hydrogens (tertiary/aromatic N) is 7. The summed E-state index contributed by atoms with van der Waals surface area (Å²) >= 11 is 0. The third kappa shape index (κ3) is 19.2. The van der Waals surface area contributed by atoms with Crippen LogP contribution in [0.2, 0.25) is 0 Å². The van der Waals surface area contributed by atoms with Gasteiger partial charge in [0.25, 0.3) is 11.1 Å². The zero-order valence-corrected chi connectivity index (χ0v) is 58.6. The number of cyclic esters (lactones) is 1. The molecule has 1 amide bonds. The molecule has 3 aromatic carbocycles. The summed E-state index contributed by atoms with van der Waals surface area (Å²) in [6, 6.07) is 23.3. The molecular weight excluding hydrogens is 1380 g/mol. The number of anilines is 1. The Morgan fingerprint density at radius 2 is 1.37 bits per heavy atom. The Balaban J connectivity index is 0.754. The van der Waals surface area contributed by atoms with Gasteiger partial charge in [-0.3, -0.25) is 61.9 Å². The number of H-pyrrole nitrogens is 2. The minimum Gasteiger partial charge on any atom is -0.442 e. The number of nitrogens with two attached hydrogens (primary N) is 1. The van der Waals surface area contributed by atoms with E-state index in [0.717, 1.165) is 26.8 Å². The second-order valence-electron chi connectivity index (χ2n) is 26.0. The van der Waals surface area contributed by atoms with E-state index in [2.05, 4.69) is 47.3 Å². The van der Waals surface area contributed by atoms with Crippen molar-refractivity contribution in [2.24, 2.45) is 11.8 Å². The van der Waals surface area contributed by atoms with Crippen LogP contribution in [0.3, 0.4) is 0 Å². The highest BCUT2D eigenvalue weighted by atomic mass is 31.2. The maximum atomic E-state index is 14.4. The number of carbonyl (C=O) groups is 4. The standard InChI is InChI=1S/C69H82N12O20P2/c1-77(2)26-24-71-23-21-57(85)72-30-50(83)12-8-7-11-47-32-80(68(89)75-65(47)87)58-27-48(54(98-58)36-95-3)39-102(91,92)96-37-55-49(28-59(99-55)81-34-52(66(88)76-69(81)90)45-15-13-43(35-82)14-16-45)40-103(93,94)97-38-56-53(84)29-60(100-56)79-33-51(62-63(70)73-41-74-64(62)79)44-17-19-46(20-18-44)67-78(25-22-61(86)101-67)31-42-9-5-4-6-10-42/h4-6,9-10,13-20,32-35,41,48-49,53-56,58-60,67,71,84H,8,12,21-31,36-40H2,1-3H3,(H,72,85)(H,91,92)(H,93,94)(H2,70,73,74)(H,75,87,89)(H,76,88,90)/t48-,49-,53+,54-,55-,56-,58-,59-,60-,67?/m1/s1. The van der Waals surface area contributed by atoms with Crippen LogP contribution in [0.25, 0.3) is 33.3 Å².